The molecule has 0 aliphatic heterocycles. The molecule has 0 spiro atoms. The van der Waals surface area contributed by atoms with Gasteiger partial charge in [0.2, 0.25) is 0 Å². The number of carbonyl (C=O) groups is 2. The summed E-state index contributed by atoms with van der Waals surface area (Å²) in [5.41, 5.74) is 10.5. The molecule has 0 saturated carbocycles. The van der Waals surface area contributed by atoms with E-state index in [0.717, 1.165) is 11.1 Å². The maximum atomic E-state index is 12.2. The van der Waals surface area contributed by atoms with E-state index in [1.807, 2.05) is 6.07 Å². The Morgan fingerprint density at radius 2 is 1.76 bits per heavy atom. The number of hydrogen-bond donors (Lipinski definition) is 3. The fraction of sp³-hybridized carbons (Fsp3) is 0.0952. The Bertz CT molecular complexity index is 962. The van der Waals surface area contributed by atoms with Crippen LogP contribution in [0.15, 0.2) is 73.1 Å². The molecule has 3 rings (SSSR count). The summed E-state index contributed by atoms with van der Waals surface area (Å²) in [6, 6.07) is 17.2. The molecule has 0 atom stereocenters. The summed E-state index contributed by atoms with van der Waals surface area (Å²) < 4.78 is 5.11. The van der Waals surface area contributed by atoms with Gasteiger partial charge in [-0.05, 0) is 35.9 Å². The molecular weight excluding hydrogens is 372 g/mol. The maximum absolute atomic E-state index is 12.2. The highest BCUT2D eigenvalue weighted by Gasteiger charge is 2.08. The number of pyridine rings is 1. The number of benzene rings is 2. The second-order valence-electron chi connectivity index (χ2n) is 6.06. The van der Waals surface area contributed by atoms with E-state index < -0.39 is 12.0 Å². The highest BCUT2D eigenvalue weighted by atomic mass is 16.7. The highest BCUT2D eigenvalue weighted by molar-refractivity contribution is 5.93. The van der Waals surface area contributed by atoms with Gasteiger partial charge in [0.15, 0.2) is 5.75 Å². The Morgan fingerprint density at radius 3 is 2.48 bits per heavy atom. The molecule has 0 saturated heterocycles. The van der Waals surface area contributed by atoms with Gasteiger partial charge in [-0.15, -0.1) is 0 Å². The van der Waals surface area contributed by atoms with Crippen LogP contribution in [0.2, 0.25) is 0 Å². The minimum absolute atomic E-state index is 0.144. The Kier molecular flexibility index (Phi) is 6.62. The minimum Gasteiger partial charge on any atom is -0.445 e. The van der Waals surface area contributed by atoms with Gasteiger partial charge in [-0.1, -0.05) is 30.3 Å². The van der Waals surface area contributed by atoms with Crippen LogP contribution in [0.4, 0.5) is 10.5 Å². The molecule has 29 heavy (non-hydrogen) atoms. The maximum Gasteiger partial charge on any atom is 0.407 e. The molecule has 1 aromatic heterocycles. The Hall–Kier alpha value is -4.07. The average molecular weight is 392 g/mol. The van der Waals surface area contributed by atoms with Crippen LogP contribution in [-0.2, 0) is 17.9 Å². The summed E-state index contributed by atoms with van der Waals surface area (Å²) in [5, 5.41) is 2.65. The third-order valence-electron chi connectivity index (χ3n) is 3.92. The monoisotopic (exact) mass is 392 g/mol. The molecule has 0 aliphatic rings. The number of carbonyl (C=O) groups excluding carboxylic acids is 2. The molecule has 0 bridgehead atoms. The van der Waals surface area contributed by atoms with Gasteiger partial charge in [-0.25, -0.2) is 4.79 Å². The Morgan fingerprint density at radius 1 is 0.966 bits per heavy atom. The van der Waals surface area contributed by atoms with E-state index in [1.54, 1.807) is 67.0 Å². The van der Waals surface area contributed by atoms with Gasteiger partial charge in [-0.2, -0.15) is 5.48 Å². The molecule has 4 N–H and O–H groups in total. The highest BCUT2D eigenvalue weighted by Crippen LogP contribution is 2.18. The lowest BCUT2D eigenvalue weighted by Gasteiger charge is -2.10. The molecule has 1 heterocycles. The van der Waals surface area contributed by atoms with E-state index in [4.69, 9.17) is 15.3 Å². The van der Waals surface area contributed by atoms with Crippen molar-refractivity contribution in [2.75, 3.05) is 5.73 Å². The van der Waals surface area contributed by atoms with Gasteiger partial charge >= 0.3 is 6.09 Å². The summed E-state index contributed by atoms with van der Waals surface area (Å²) in [4.78, 5) is 33.1. The lowest BCUT2D eigenvalue weighted by Crippen LogP contribution is -2.27. The third-order valence-corrected chi connectivity index (χ3v) is 3.92. The first-order chi connectivity index (χ1) is 14.1. The van der Waals surface area contributed by atoms with Crippen LogP contribution in [0.5, 0.6) is 5.75 Å². The number of nitrogens with two attached hydrogens (primary N) is 1. The Labute approximate surface area is 167 Å². The smallest absolute Gasteiger partial charge is 0.407 e. The van der Waals surface area contributed by atoms with Gasteiger partial charge in [-0.3, -0.25) is 9.78 Å². The van der Waals surface area contributed by atoms with Crippen molar-refractivity contribution in [3.63, 3.8) is 0 Å². The number of ether oxygens (including phenoxy) is 1. The SMILES string of the molecule is Nc1ccccc1ONC(=O)c1ccc(CNC(=O)OCc2cccnc2)cc1. The molecule has 3 aromatic rings. The van der Waals surface area contributed by atoms with Crippen LogP contribution < -0.4 is 21.4 Å². The fourth-order valence-corrected chi connectivity index (χ4v) is 2.37. The summed E-state index contributed by atoms with van der Waals surface area (Å²) in [6.07, 6.45) is 2.74. The van der Waals surface area contributed by atoms with Crippen LogP contribution >= 0.6 is 0 Å². The number of nitrogen functional groups attached to an aromatic ring is 1. The van der Waals surface area contributed by atoms with Gasteiger partial charge in [0.1, 0.15) is 6.61 Å². The zero-order valence-corrected chi connectivity index (χ0v) is 15.5. The average Bonchev–Trinajstić information content (AvgIpc) is 2.76. The van der Waals surface area contributed by atoms with Crippen LogP contribution in [-0.4, -0.2) is 17.0 Å². The second-order valence-corrected chi connectivity index (χ2v) is 6.06. The van der Waals surface area contributed by atoms with Crippen LogP contribution in [0.25, 0.3) is 0 Å². The summed E-state index contributed by atoms with van der Waals surface area (Å²) in [6.45, 7) is 0.412. The zero-order chi connectivity index (χ0) is 20.5. The van der Waals surface area contributed by atoms with Crippen LogP contribution in [0.3, 0.4) is 0 Å². The number of alkyl carbamates (subject to hydrolysis) is 1. The first kappa shape index (κ1) is 19.7. The van der Waals surface area contributed by atoms with Gasteiger partial charge < -0.3 is 20.6 Å². The number of amides is 2. The number of nitrogens with zero attached hydrogens (tertiary/aromatic N) is 1. The topological polar surface area (TPSA) is 116 Å². The summed E-state index contributed by atoms with van der Waals surface area (Å²) in [7, 11) is 0. The fourth-order valence-electron chi connectivity index (χ4n) is 2.37. The predicted octanol–water partition coefficient (Wildman–Crippen LogP) is 2.81. The molecule has 2 aromatic carbocycles. The minimum atomic E-state index is -0.537. The number of anilines is 1. The van der Waals surface area contributed by atoms with Crippen molar-refractivity contribution in [1.29, 1.82) is 0 Å². The number of para-hydroxylation sites is 2. The van der Waals surface area contributed by atoms with Crippen LogP contribution in [0, 0.1) is 0 Å². The first-order valence-corrected chi connectivity index (χ1v) is 8.82. The van der Waals surface area contributed by atoms with Gasteiger partial charge in [0, 0.05) is 30.1 Å². The third kappa shape index (κ3) is 5.96. The molecule has 8 heteroatoms. The van der Waals surface area contributed by atoms with Crippen molar-refractivity contribution >= 4 is 17.7 Å². The second kappa shape index (κ2) is 9.75. The molecule has 0 unspecified atom stereocenters. The van der Waals surface area contributed by atoms with Crippen molar-refractivity contribution in [3.05, 3.63) is 89.7 Å². The van der Waals surface area contributed by atoms with Crippen LogP contribution in [0.1, 0.15) is 21.5 Å². The van der Waals surface area contributed by atoms with Gasteiger partial charge in [0.05, 0.1) is 5.69 Å². The molecule has 148 valence electrons. The standard InChI is InChI=1S/C21H20N4O4/c22-18-5-1-2-6-19(18)29-25-20(26)17-9-7-15(8-10-17)13-24-21(27)28-14-16-4-3-11-23-12-16/h1-12H,13-14,22H2,(H,24,27)(H,25,26). The Balaban J connectivity index is 1.44. The van der Waals surface area contributed by atoms with E-state index in [0.29, 0.717) is 17.0 Å². The predicted molar refractivity (Wildman–Crippen MR) is 107 cm³/mol. The number of rotatable bonds is 7. The van der Waals surface area contributed by atoms with Gasteiger partial charge in [0.25, 0.3) is 5.91 Å². The molecule has 0 radical (unpaired) electrons. The molecule has 0 aliphatic carbocycles. The quantitative estimate of drug-likeness (QED) is 0.421. The van der Waals surface area contributed by atoms with E-state index in [9.17, 15) is 9.59 Å². The van der Waals surface area contributed by atoms with E-state index in [1.165, 1.54) is 0 Å². The number of aromatic nitrogens is 1. The zero-order valence-electron chi connectivity index (χ0n) is 15.5. The van der Waals surface area contributed by atoms with E-state index in [-0.39, 0.29) is 13.2 Å². The lowest BCUT2D eigenvalue weighted by molar-refractivity contribution is 0.0761. The lowest BCUT2D eigenvalue weighted by atomic mass is 10.1. The number of hydroxylamine groups is 1. The number of nitrogens with one attached hydrogen (secondary N) is 2. The van der Waals surface area contributed by atoms with Crippen molar-refractivity contribution < 1.29 is 19.2 Å². The normalized spacial score (nSPS) is 10.1. The number of hydrogen-bond acceptors (Lipinski definition) is 6. The molecule has 2 amide bonds. The molecule has 0 fully saturated rings. The first-order valence-electron chi connectivity index (χ1n) is 8.82. The molecule has 8 nitrogen and oxygen atoms in total. The van der Waals surface area contributed by atoms with E-state index >= 15 is 0 Å². The van der Waals surface area contributed by atoms with Crippen molar-refractivity contribution in [3.8, 4) is 5.75 Å². The van der Waals surface area contributed by atoms with E-state index in [2.05, 4.69) is 15.8 Å². The van der Waals surface area contributed by atoms with Crippen molar-refractivity contribution in [2.45, 2.75) is 13.2 Å². The molecular formula is C21H20N4O4. The summed E-state index contributed by atoms with van der Waals surface area (Å²) >= 11 is 0. The van der Waals surface area contributed by atoms with Crippen molar-refractivity contribution in [1.82, 2.24) is 15.8 Å². The largest absolute Gasteiger partial charge is 0.445 e. The van der Waals surface area contributed by atoms with Crippen molar-refractivity contribution in [2.24, 2.45) is 0 Å². The summed E-state index contributed by atoms with van der Waals surface area (Å²) in [5.74, 6) is -0.0462.